The number of piperidine rings is 2. The summed E-state index contributed by atoms with van der Waals surface area (Å²) in [6.07, 6.45) is 19.4. The van der Waals surface area contributed by atoms with Crippen molar-refractivity contribution in [2.45, 2.75) is 293 Å². The van der Waals surface area contributed by atoms with Crippen molar-refractivity contribution in [1.82, 2.24) is 39.8 Å². The van der Waals surface area contributed by atoms with Crippen molar-refractivity contribution in [2.24, 2.45) is 65.1 Å². The molecule has 7 fully saturated rings. The number of benzene rings is 6. The molecule has 16 nitrogen and oxygen atoms in total. The van der Waals surface area contributed by atoms with E-state index in [0.29, 0.717) is 122 Å². The molecule has 22 heteroatoms. The largest absolute Gasteiger partial charge is 0.446 e. The standard InChI is InChI=1S/C26H31ClFNO.C25H29ClFNO.C23H36N2O2.C21H40N2O3.C19H26ClFN2O/c1-18(2)26(19(3)4)16-21(14-20-8-6-5-7-9-20)17-29(26)25(30)13-11-22-10-12-23(27)15-24(22)28;1-17(2)25(18(3)4)15-21(19-8-6-5-7-9-19)16-28(25)24(29)13-11-20-10-12-22(26)14-23(20)27;1-17(2)23(18(3)4)15-20(19-9-7-6-8-10-19)16-25(23)22(26)27-21-11-13-24(5)14-12-21;1-15(2)21(16(3)4)13-18(26-20(5,6)7)14-23(21)19(24)25-17-9-11-22(8)12-10-17;1-13(2)19(14(3)4)10-5-11-22-23(19)18(24)9-7-15-6-8-16(20)12-17(15)21/h5-13,15,18-19,21H,14,16-17H2,1-4H3;5-14,17-18,21H,15-16H2,1-4H3;6-10,17-18,20-21H,11-16H2,1-5H3;15-18H,9-14H2,1-8H3;6-9,12-14,22H,5,10-11H2,1-4H3/b2*13-11+;;;9-7+. The first kappa shape index (κ1) is 112. The minimum atomic E-state index is -0.433. The predicted molar refractivity (Wildman–Crippen MR) is 553 cm³/mol. The lowest BCUT2D eigenvalue weighted by molar-refractivity contribution is -0.148. The topological polar surface area (TPSA) is 148 Å². The van der Waals surface area contributed by atoms with Gasteiger partial charge in [0.25, 0.3) is 5.91 Å². The van der Waals surface area contributed by atoms with E-state index < -0.39 is 17.5 Å². The molecular formula is C114H162Cl3F3N8O8. The third-order valence-electron chi connectivity index (χ3n) is 31.0. The molecule has 7 aliphatic heterocycles. The number of hydrazine groups is 1. The fraction of sp³-hybridized carbons (Fsp3) is 0.588. The van der Waals surface area contributed by atoms with Gasteiger partial charge in [0.1, 0.15) is 29.7 Å². The first-order chi connectivity index (χ1) is 64.1. The van der Waals surface area contributed by atoms with Gasteiger partial charge in [0.15, 0.2) is 0 Å². The lowest BCUT2D eigenvalue weighted by atomic mass is 9.72. The van der Waals surface area contributed by atoms with Gasteiger partial charge in [0, 0.05) is 125 Å². The van der Waals surface area contributed by atoms with E-state index in [1.165, 1.54) is 59.2 Å². The number of carbonyl (C=O) groups is 5. The molecule has 7 aliphatic rings. The van der Waals surface area contributed by atoms with Gasteiger partial charge in [-0.1, -0.05) is 282 Å². The summed E-state index contributed by atoms with van der Waals surface area (Å²) >= 11 is 17.4. The number of amides is 5. The molecule has 136 heavy (non-hydrogen) atoms. The van der Waals surface area contributed by atoms with Crippen LogP contribution in [0.2, 0.25) is 15.1 Å². The van der Waals surface area contributed by atoms with Crippen LogP contribution in [0.4, 0.5) is 22.8 Å². The van der Waals surface area contributed by atoms with Crippen LogP contribution >= 0.6 is 34.8 Å². The van der Waals surface area contributed by atoms with Gasteiger partial charge in [-0.15, -0.1) is 0 Å². The van der Waals surface area contributed by atoms with Crippen LogP contribution in [-0.4, -0.2) is 189 Å². The van der Waals surface area contributed by atoms with Crippen LogP contribution in [0.1, 0.15) is 269 Å². The van der Waals surface area contributed by atoms with Gasteiger partial charge in [0.2, 0.25) is 11.8 Å². The van der Waals surface area contributed by atoms with Crippen molar-refractivity contribution in [3.05, 3.63) is 230 Å². The second-order valence-electron chi connectivity index (χ2n) is 43.5. The molecule has 7 saturated heterocycles. The van der Waals surface area contributed by atoms with E-state index in [1.807, 2.05) is 26.8 Å². The molecule has 0 radical (unpaired) electrons. The second kappa shape index (κ2) is 49.4. The number of nitrogens with one attached hydrogen (secondary N) is 1. The zero-order valence-electron chi connectivity index (χ0n) is 86.4. The highest BCUT2D eigenvalue weighted by atomic mass is 35.5. The molecule has 0 aromatic heterocycles. The van der Waals surface area contributed by atoms with Crippen LogP contribution in [0, 0.1) is 82.5 Å². The maximum atomic E-state index is 14.1. The Kier molecular flexibility index (Phi) is 40.5. The lowest BCUT2D eigenvalue weighted by Gasteiger charge is -2.52. The summed E-state index contributed by atoms with van der Waals surface area (Å²) in [7, 11) is 4.25. The third-order valence-corrected chi connectivity index (χ3v) is 31.7. The Hall–Kier alpha value is -8.01. The number of carbonyl (C=O) groups excluding carboxylic acids is 5. The Morgan fingerprint density at radius 1 is 0.404 bits per heavy atom. The second-order valence-corrected chi connectivity index (χ2v) is 44.8. The molecule has 6 aromatic rings. The molecule has 0 bridgehead atoms. The SMILES string of the molecule is CC(C)C1(C(C)C)CC(Cc2ccccc2)CN1C(=O)/C=C/c1ccc(Cl)cc1F.CC(C)C1(C(C)C)CC(OC(C)(C)C)CN1C(=O)OC1CCN(C)CC1.CC(C)C1(C(C)C)CC(c2ccccc2)CN1C(=O)/C=C/c1ccc(Cl)cc1F.CC(C)C1(C(C)C)CC(c2ccccc2)CN1C(=O)OC1CCN(C)CC1.CC(C)C1(C(C)C)CCCNN1C(=O)/C=C/c1ccc(Cl)cc1F. The summed E-state index contributed by atoms with van der Waals surface area (Å²) in [6, 6.07) is 44.9. The fourth-order valence-corrected chi connectivity index (χ4v) is 24.2. The molecule has 1 N–H and O–H groups in total. The summed E-state index contributed by atoms with van der Waals surface area (Å²) in [5, 5.41) is 2.79. The van der Waals surface area contributed by atoms with E-state index in [0.717, 1.165) is 116 Å². The van der Waals surface area contributed by atoms with Gasteiger partial charge in [0.05, 0.1) is 34.9 Å². The molecular weight excluding hydrogens is 1770 g/mol. The number of rotatable bonds is 23. The van der Waals surface area contributed by atoms with Gasteiger partial charge >= 0.3 is 12.2 Å². The molecule has 748 valence electrons. The van der Waals surface area contributed by atoms with Crippen LogP contribution in [0.3, 0.4) is 0 Å². The molecule has 0 spiro atoms. The van der Waals surface area contributed by atoms with E-state index in [9.17, 15) is 37.1 Å². The van der Waals surface area contributed by atoms with E-state index >= 15 is 0 Å². The monoisotopic (exact) mass is 1930 g/mol. The van der Waals surface area contributed by atoms with Gasteiger partial charge in [-0.3, -0.25) is 24.3 Å². The molecule has 7 heterocycles. The van der Waals surface area contributed by atoms with Gasteiger partial charge < -0.3 is 38.7 Å². The Bertz CT molecular complexity index is 4880. The fourth-order valence-electron chi connectivity index (χ4n) is 23.7. The Morgan fingerprint density at radius 2 is 0.728 bits per heavy atom. The summed E-state index contributed by atoms with van der Waals surface area (Å²) in [5.41, 5.74) is 6.98. The Labute approximate surface area is 829 Å². The third kappa shape index (κ3) is 27.2. The highest BCUT2D eigenvalue weighted by Gasteiger charge is 2.57. The van der Waals surface area contributed by atoms with Crippen molar-refractivity contribution in [3.8, 4) is 0 Å². The molecule has 6 aromatic carbocycles. The molecule has 0 saturated carbocycles. The molecule has 5 amide bonds. The zero-order valence-corrected chi connectivity index (χ0v) is 88.6. The number of nitrogens with zero attached hydrogens (tertiary/aromatic N) is 7. The van der Waals surface area contributed by atoms with E-state index in [-0.39, 0.29) is 81.5 Å². The quantitative estimate of drug-likeness (QED) is 0.0611. The number of hydrogen-bond acceptors (Lipinski definition) is 11. The number of ether oxygens (including phenoxy) is 3. The van der Waals surface area contributed by atoms with E-state index in [2.05, 4.69) is 272 Å². The molecule has 4 atom stereocenters. The summed E-state index contributed by atoms with van der Waals surface area (Å²) in [5.74, 6) is 2.88. The normalized spacial score (nSPS) is 20.9. The number of likely N-dealkylation sites (tertiary alicyclic amines) is 6. The molecule has 0 aliphatic carbocycles. The van der Waals surface area contributed by atoms with Crippen LogP contribution in [0.15, 0.2) is 164 Å². The predicted octanol–water partition coefficient (Wildman–Crippen LogP) is 26.8. The van der Waals surface area contributed by atoms with Crippen LogP contribution in [0.25, 0.3) is 18.2 Å². The first-order valence-corrected chi connectivity index (χ1v) is 51.5. The summed E-state index contributed by atoms with van der Waals surface area (Å²) in [6.45, 7) is 57.8. The van der Waals surface area contributed by atoms with Crippen LogP contribution in [0.5, 0.6) is 0 Å². The maximum Gasteiger partial charge on any atom is 0.410 e. The van der Waals surface area contributed by atoms with Gasteiger partial charge in [-0.2, -0.15) is 0 Å². The average Bonchev–Trinajstić information content (AvgIpc) is 1.60. The van der Waals surface area contributed by atoms with Crippen molar-refractivity contribution in [3.63, 3.8) is 0 Å². The minimum absolute atomic E-state index is 0.0401. The zero-order chi connectivity index (χ0) is 100. The van der Waals surface area contributed by atoms with Gasteiger partial charge in [-0.05, 0) is 242 Å². The highest BCUT2D eigenvalue weighted by molar-refractivity contribution is 6.31. The van der Waals surface area contributed by atoms with E-state index in [1.54, 1.807) is 53.6 Å². The smallest absolute Gasteiger partial charge is 0.410 e. The van der Waals surface area contributed by atoms with Crippen molar-refractivity contribution in [1.29, 1.82) is 0 Å². The summed E-state index contributed by atoms with van der Waals surface area (Å²) in [4.78, 5) is 78.6. The molecule has 4 unspecified atom stereocenters. The van der Waals surface area contributed by atoms with Crippen molar-refractivity contribution < 1.29 is 51.4 Å². The molecule has 13 rings (SSSR count). The van der Waals surface area contributed by atoms with Gasteiger partial charge in [-0.25, -0.2) is 28.2 Å². The van der Waals surface area contributed by atoms with Crippen molar-refractivity contribution >= 4 is 82.9 Å². The van der Waals surface area contributed by atoms with Crippen molar-refractivity contribution in [2.75, 3.05) is 73.0 Å². The van der Waals surface area contributed by atoms with Crippen LogP contribution < -0.4 is 5.43 Å². The highest BCUT2D eigenvalue weighted by Crippen LogP contribution is 2.52. The Morgan fingerprint density at radius 3 is 1.09 bits per heavy atom. The maximum absolute atomic E-state index is 14.1. The van der Waals surface area contributed by atoms with E-state index in [4.69, 9.17) is 49.0 Å². The Balaban J connectivity index is 0.000000191. The number of halogens is 6. The first-order valence-electron chi connectivity index (χ1n) is 50.3. The minimum Gasteiger partial charge on any atom is -0.446 e. The van der Waals surface area contributed by atoms with Crippen LogP contribution in [-0.2, 0) is 35.0 Å². The summed E-state index contributed by atoms with van der Waals surface area (Å²) < 4.78 is 60.4. The lowest BCUT2D eigenvalue weighted by Crippen LogP contribution is -2.66. The number of hydrogen-bond donors (Lipinski definition) is 1. The average molecular weight is 1940 g/mol.